The summed E-state index contributed by atoms with van der Waals surface area (Å²) in [5.41, 5.74) is 6.48. The first-order chi connectivity index (χ1) is 7.52. The fraction of sp³-hybridized carbons (Fsp3) is 0.417. The number of unbranched alkanes of at least 4 members (excludes halogenated alkanes) is 1. The summed E-state index contributed by atoms with van der Waals surface area (Å²) < 4.78 is 0.831. The Morgan fingerprint density at radius 3 is 2.44 bits per heavy atom. The van der Waals surface area contributed by atoms with E-state index in [0.29, 0.717) is 5.56 Å². The Morgan fingerprint density at radius 2 is 2.12 bits per heavy atom. The molecule has 4 heteroatoms. The lowest BCUT2D eigenvalue weighted by molar-refractivity contribution is 0.0697. The quantitative estimate of drug-likeness (QED) is 0.897. The van der Waals surface area contributed by atoms with Gasteiger partial charge in [-0.1, -0.05) is 35.3 Å². The van der Waals surface area contributed by atoms with Crippen molar-refractivity contribution in [2.75, 3.05) is 6.54 Å². The number of rotatable bonds is 3. The molecule has 1 aromatic carbocycles. The number of aryl methyl sites for hydroxylation is 1. The van der Waals surface area contributed by atoms with Gasteiger partial charge in [0.15, 0.2) is 0 Å². The van der Waals surface area contributed by atoms with Crippen molar-refractivity contribution in [3.05, 3.63) is 33.8 Å². The van der Waals surface area contributed by atoms with E-state index in [1.165, 1.54) is 12.8 Å². The van der Waals surface area contributed by atoms with Crippen molar-refractivity contribution in [2.24, 2.45) is 5.73 Å². The summed E-state index contributed by atoms with van der Waals surface area (Å²) in [4.78, 5) is 10.4. The molecule has 0 amide bonds. The van der Waals surface area contributed by atoms with Gasteiger partial charge in [0.05, 0.1) is 5.56 Å². The fourth-order valence-electron chi connectivity index (χ4n) is 0.930. The Labute approximate surface area is 105 Å². The predicted molar refractivity (Wildman–Crippen MR) is 69.8 cm³/mol. The molecule has 0 saturated carbocycles. The molecule has 3 N–H and O–H groups in total. The molecule has 1 rings (SSSR count). The Bertz CT molecular complexity index is 338. The third-order valence-electron chi connectivity index (χ3n) is 1.98. The zero-order valence-corrected chi connectivity index (χ0v) is 11.3. The first-order valence-corrected chi connectivity index (χ1v) is 6.01. The molecule has 0 aliphatic carbocycles. The standard InChI is InChI=1S/C8H7BrO2.C4H11N/c1-5-2-3-6(8(10)11)4-7(5)9;1-2-3-4-5/h2-4H,1H3,(H,10,11);2-5H2,1H3. The molecule has 0 aliphatic rings. The average Bonchev–Trinajstić information content (AvgIpc) is 2.24. The van der Waals surface area contributed by atoms with Gasteiger partial charge in [0.25, 0.3) is 0 Å². The van der Waals surface area contributed by atoms with Crippen LogP contribution in [0.4, 0.5) is 0 Å². The van der Waals surface area contributed by atoms with Crippen molar-refractivity contribution >= 4 is 21.9 Å². The molecule has 1 aromatic rings. The van der Waals surface area contributed by atoms with E-state index in [1.54, 1.807) is 18.2 Å². The first kappa shape index (κ1) is 15.1. The Balaban J connectivity index is 0.000000385. The Kier molecular flexibility index (Phi) is 7.85. The molecule has 16 heavy (non-hydrogen) atoms. The monoisotopic (exact) mass is 287 g/mol. The summed E-state index contributed by atoms with van der Waals surface area (Å²) in [6.45, 7) is 4.89. The Morgan fingerprint density at radius 1 is 1.50 bits per heavy atom. The van der Waals surface area contributed by atoms with Gasteiger partial charge in [-0.05, 0) is 37.6 Å². The number of carboxylic acid groups (broad SMARTS) is 1. The summed E-state index contributed by atoms with van der Waals surface area (Å²) in [7, 11) is 0. The Hall–Kier alpha value is -0.870. The van der Waals surface area contributed by atoms with E-state index in [1.807, 2.05) is 6.92 Å². The van der Waals surface area contributed by atoms with Crippen LogP contribution in [-0.2, 0) is 0 Å². The molecule has 0 aliphatic heterocycles. The molecule has 3 nitrogen and oxygen atoms in total. The van der Waals surface area contributed by atoms with Gasteiger partial charge in [0.1, 0.15) is 0 Å². The summed E-state index contributed by atoms with van der Waals surface area (Å²) in [6, 6.07) is 4.95. The van der Waals surface area contributed by atoms with Crippen molar-refractivity contribution in [3.8, 4) is 0 Å². The third kappa shape index (κ3) is 5.88. The van der Waals surface area contributed by atoms with E-state index in [0.717, 1.165) is 16.6 Å². The van der Waals surface area contributed by atoms with Crippen molar-refractivity contribution < 1.29 is 9.90 Å². The van der Waals surface area contributed by atoms with Crippen molar-refractivity contribution in [2.45, 2.75) is 26.7 Å². The molecular weight excluding hydrogens is 270 g/mol. The highest BCUT2D eigenvalue weighted by molar-refractivity contribution is 9.10. The summed E-state index contributed by atoms with van der Waals surface area (Å²) in [6.07, 6.45) is 2.39. The topological polar surface area (TPSA) is 63.3 Å². The third-order valence-corrected chi connectivity index (χ3v) is 2.83. The molecule has 0 bridgehead atoms. The van der Waals surface area contributed by atoms with E-state index < -0.39 is 5.97 Å². The highest BCUT2D eigenvalue weighted by Gasteiger charge is 2.03. The van der Waals surface area contributed by atoms with Gasteiger partial charge in [-0.25, -0.2) is 4.79 Å². The van der Waals surface area contributed by atoms with Crippen LogP contribution >= 0.6 is 15.9 Å². The van der Waals surface area contributed by atoms with Crippen molar-refractivity contribution in [3.63, 3.8) is 0 Å². The van der Waals surface area contributed by atoms with Gasteiger partial charge >= 0.3 is 5.97 Å². The highest BCUT2D eigenvalue weighted by atomic mass is 79.9. The molecule has 90 valence electrons. The second-order valence-corrected chi connectivity index (χ2v) is 4.27. The fourth-order valence-corrected chi connectivity index (χ4v) is 1.31. The molecule has 0 atom stereocenters. The average molecular weight is 288 g/mol. The number of hydrogen-bond donors (Lipinski definition) is 2. The van der Waals surface area contributed by atoms with Gasteiger partial charge in [-0.2, -0.15) is 0 Å². The lowest BCUT2D eigenvalue weighted by Crippen LogP contribution is -1.95. The van der Waals surface area contributed by atoms with Gasteiger partial charge in [0.2, 0.25) is 0 Å². The van der Waals surface area contributed by atoms with Crippen LogP contribution in [0.5, 0.6) is 0 Å². The number of carbonyl (C=O) groups is 1. The van der Waals surface area contributed by atoms with Crippen LogP contribution in [0.25, 0.3) is 0 Å². The van der Waals surface area contributed by atoms with Crippen LogP contribution in [0.15, 0.2) is 22.7 Å². The molecule has 0 fully saturated rings. The SMILES string of the molecule is CCCCN.Cc1ccc(C(=O)O)cc1Br. The van der Waals surface area contributed by atoms with Crippen LogP contribution < -0.4 is 5.73 Å². The van der Waals surface area contributed by atoms with Crippen molar-refractivity contribution in [1.82, 2.24) is 0 Å². The minimum absolute atomic E-state index is 0.308. The first-order valence-electron chi connectivity index (χ1n) is 5.22. The lowest BCUT2D eigenvalue weighted by Gasteiger charge is -1.98. The second kappa shape index (κ2) is 8.30. The zero-order chi connectivity index (χ0) is 12.6. The summed E-state index contributed by atoms with van der Waals surface area (Å²) >= 11 is 3.25. The molecule has 0 radical (unpaired) electrons. The number of aromatic carboxylic acids is 1. The summed E-state index contributed by atoms with van der Waals surface area (Å²) in [5, 5.41) is 8.58. The molecule has 0 unspecified atom stereocenters. The van der Waals surface area contributed by atoms with Gasteiger partial charge in [0, 0.05) is 4.47 Å². The second-order valence-electron chi connectivity index (χ2n) is 3.41. The number of hydrogen-bond acceptors (Lipinski definition) is 2. The van der Waals surface area contributed by atoms with Gasteiger partial charge in [-0.3, -0.25) is 0 Å². The minimum atomic E-state index is -0.897. The summed E-state index contributed by atoms with van der Waals surface area (Å²) in [5.74, 6) is -0.897. The number of halogens is 1. The van der Waals surface area contributed by atoms with Gasteiger partial charge < -0.3 is 10.8 Å². The van der Waals surface area contributed by atoms with Crippen LogP contribution in [-0.4, -0.2) is 17.6 Å². The largest absolute Gasteiger partial charge is 0.478 e. The number of benzene rings is 1. The molecule has 0 spiro atoms. The molecule has 0 saturated heterocycles. The van der Waals surface area contributed by atoms with E-state index in [4.69, 9.17) is 10.8 Å². The highest BCUT2D eigenvalue weighted by Crippen LogP contribution is 2.17. The predicted octanol–water partition coefficient (Wildman–Crippen LogP) is 3.20. The van der Waals surface area contributed by atoms with E-state index in [9.17, 15) is 4.79 Å². The maximum Gasteiger partial charge on any atom is 0.335 e. The van der Waals surface area contributed by atoms with Crippen LogP contribution in [0.3, 0.4) is 0 Å². The zero-order valence-electron chi connectivity index (χ0n) is 9.66. The normalized spacial score (nSPS) is 9.25. The maximum absolute atomic E-state index is 10.4. The van der Waals surface area contributed by atoms with Crippen LogP contribution in [0.1, 0.15) is 35.7 Å². The number of nitrogens with two attached hydrogens (primary N) is 1. The van der Waals surface area contributed by atoms with Crippen molar-refractivity contribution in [1.29, 1.82) is 0 Å². The maximum atomic E-state index is 10.4. The lowest BCUT2D eigenvalue weighted by atomic mass is 10.2. The van der Waals surface area contributed by atoms with Crippen LogP contribution in [0.2, 0.25) is 0 Å². The van der Waals surface area contributed by atoms with Crippen LogP contribution in [0, 0.1) is 6.92 Å². The van der Waals surface area contributed by atoms with E-state index in [-0.39, 0.29) is 0 Å². The molecular formula is C12H18BrNO2. The molecule has 0 heterocycles. The molecule has 0 aromatic heterocycles. The van der Waals surface area contributed by atoms with Gasteiger partial charge in [-0.15, -0.1) is 0 Å². The van der Waals surface area contributed by atoms with E-state index in [2.05, 4.69) is 22.9 Å². The van der Waals surface area contributed by atoms with E-state index >= 15 is 0 Å². The number of carboxylic acids is 1. The minimum Gasteiger partial charge on any atom is -0.478 e. The smallest absolute Gasteiger partial charge is 0.335 e.